The number of aromatic nitrogens is 3. The number of nitrogen functional groups attached to an aromatic ring is 1. The molecule has 0 atom stereocenters. The van der Waals surface area contributed by atoms with Gasteiger partial charge in [-0.05, 0) is 19.4 Å². The number of aryl methyl sites for hydroxylation is 1. The van der Waals surface area contributed by atoms with Gasteiger partial charge in [-0.3, -0.25) is 0 Å². The third-order valence-corrected chi connectivity index (χ3v) is 3.86. The van der Waals surface area contributed by atoms with Crippen molar-refractivity contribution in [3.05, 3.63) is 30.1 Å². The molecule has 0 saturated heterocycles. The molecule has 2 N–H and O–H groups in total. The summed E-state index contributed by atoms with van der Waals surface area (Å²) in [5.74, 6) is 1.41. The zero-order valence-corrected chi connectivity index (χ0v) is 13.2. The maximum atomic E-state index is 6.13. The van der Waals surface area contributed by atoms with Gasteiger partial charge in [0.05, 0.1) is 11.0 Å². The Labute approximate surface area is 130 Å². The summed E-state index contributed by atoms with van der Waals surface area (Å²) in [6.07, 6.45) is 2.23. The molecular weight excluding hydrogens is 276 g/mol. The summed E-state index contributed by atoms with van der Waals surface area (Å²) < 4.78 is 7.82. The highest BCUT2D eigenvalue weighted by molar-refractivity contribution is 6.06. The molecule has 3 rings (SSSR count). The van der Waals surface area contributed by atoms with Crippen molar-refractivity contribution < 1.29 is 4.74 Å². The topological polar surface area (TPSA) is 66.0 Å². The summed E-state index contributed by atoms with van der Waals surface area (Å²) in [6.45, 7) is 6.27. The highest BCUT2D eigenvalue weighted by Crippen LogP contribution is 2.29. The predicted molar refractivity (Wildman–Crippen MR) is 89.7 cm³/mol. The van der Waals surface area contributed by atoms with Gasteiger partial charge in [0, 0.05) is 18.5 Å². The lowest BCUT2D eigenvalue weighted by molar-refractivity contribution is 0.126. The molecule has 0 fully saturated rings. The maximum absolute atomic E-state index is 6.13. The molecular formula is C17H22N4O. The van der Waals surface area contributed by atoms with Crippen LogP contribution in [-0.4, -0.2) is 21.1 Å². The zero-order valence-electron chi connectivity index (χ0n) is 13.2. The average molecular weight is 298 g/mol. The lowest BCUT2D eigenvalue weighted by atomic mass is 10.2. The van der Waals surface area contributed by atoms with Crippen LogP contribution >= 0.6 is 0 Å². The van der Waals surface area contributed by atoms with E-state index in [-0.39, 0.29) is 0 Å². The Morgan fingerprint density at radius 1 is 1.18 bits per heavy atom. The predicted octanol–water partition coefficient (Wildman–Crippen LogP) is 3.50. The smallest absolute Gasteiger partial charge is 0.152 e. The van der Waals surface area contributed by atoms with E-state index in [2.05, 4.69) is 22.5 Å². The first-order chi connectivity index (χ1) is 10.8. The van der Waals surface area contributed by atoms with Gasteiger partial charge in [0.1, 0.15) is 17.9 Å². The molecule has 3 aromatic rings. The van der Waals surface area contributed by atoms with Gasteiger partial charge in [-0.2, -0.15) is 0 Å². The average Bonchev–Trinajstić information content (AvgIpc) is 2.90. The molecule has 0 saturated carbocycles. The second-order valence-electron chi connectivity index (χ2n) is 5.38. The van der Waals surface area contributed by atoms with Gasteiger partial charge in [-0.1, -0.05) is 31.5 Å². The number of hydrogen-bond acceptors (Lipinski definition) is 4. The van der Waals surface area contributed by atoms with E-state index in [0.29, 0.717) is 19.0 Å². The van der Waals surface area contributed by atoms with E-state index < -0.39 is 0 Å². The number of para-hydroxylation sites is 1. The zero-order chi connectivity index (χ0) is 15.5. The van der Waals surface area contributed by atoms with Crippen LogP contribution in [0.1, 0.15) is 32.5 Å². The lowest BCUT2D eigenvalue weighted by Gasteiger charge is -2.10. The first-order valence-corrected chi connectivity index (χ1v) is 7.87. The molecule has 116 valence electrons. The standard InChI is InChI=1S/C17H22N4O/c1-3-5-10-21-14(11-22-4-2)20-15-16(21)12-8-6-7-9-13(12)19-17(15)18/h6-9H,3-5,10-11H2,1-2H3,(H2,18,19). The summed E-state index contributed by atoms with van der Waals surface area (Å²) in [7, 11) is 0. The van der Waals surface area contributed by atoms with Crippen molar-refractivity contribution in [2.45, 2.75) is 39.8 Å². The fourth-order valence-electron chi connectivity index (χ4n) is 2.77. The number of rotatable bonds is 6. The Morgan fingerprint density at radius 3 is 2.77 bits per heavy atom. The van der Waals surface area contributed by atoms with E-state index in [1.165, 1.54) is 0 Å². The monoisotopic (exact) mass is 298 g/mol. The van der Waals surface area contributed by atoms with E-state index in [9.17, 15) is 0 Å². The molecule has 5 nitrogen and oxygen atoms in total. The van der Waals surface area contributed by atoms with Gasteiger partial charge in [-0.15, -0.1) is 0 Å². The number of benzene rings is 1. The van der Waals surface area contributed by atoms with Crippen molar-refractivity contribution in [2.75, 3.05) is 12.3 Å². The Balaban J connectivity index is 2.27. The molecule has 0 spiro atoms. The quantitative estimate of drug-likeness (QED) is 0.756. The number of imidazole rings is 1. The Bertz CT molecular complexity index is 794. The molecule has 0 bridgehead atoms. The SMILES string of the molecule is CCCCn1c(COCC)nc2c(N)nc3ccccc3c21. The van der Waals surface area contributed by atoms with Crippen LogP contribution in [-0.2, 0) is 17.9 Å². The van der Waals surface area contributed by atoms with Crippen LogP contribution in [0.25, 0.3) is 21.9 Å². The highest BCUT2D eigenvalue weighted by Gasteiger charge is 2.16. The first-order valence-electron chi connectivity index (χ1n) is 7.87. The summed E-state index contributed by atoms with van der Waals surface area (Å²) in [5.41, 5.74) is 8.90. The molecule has 0 amide bonds. The molecule has 5 heteroatoms. The van der Waals surface area contributed by atoms with E-state index in [1.807, 2.05) is 25.1 Å². The molecule has 0 aliphatic heterocycles. The van der Waals surface area contributed by atoms with Crippen LogP contribution in [0.15, 0.2) is 24.3 Å². The molecule has 1 aromatic carbocycles. The third kappa shape index (κ3) is 2.52. The normalized spacial score (nSPS) is 11.5. The molecule has 2 heterocycles. The molecule has 0 aliphatic carbocycles. The second kappa shape index (κ2) is 6.32. The minimum atomic E-state index is 0.488. The van der Waals surface area contributed by atoms with Crippen molar-refractivity contribution >= 4 is 27.8 Å². The van der Waals surface area contributed by atoms with E-state index >= 15 is 0 Å². The number of nitrogens with zero attached hydrogens (tertiary/aromatic N) is 3. The largest absolute Gasteiger partial charge is 0.382 e. The van der Waals surface area contributed by atoms with Crippen molar-refractivity contribution in [3.8, 4) is 0 Å². The number of fused-ring (bicyclic) bond motifs is 3. The number of hydrogen-bond donors (Lipinski definition) is 1. The van der Waals surface area contributed by atoms with Crippen molar-refractivity contribution in [1.29, 1.82) is 0 Å². The van der Waals surface area contributed by atoms with Crippen LogP contribution in [0.2, 0.25) is 0 Å². The van der Waals surface area contributed by atoms with E-state index in [0.717, 1.165) is 47.1 Å². The van der Waals surface area contributed by atoms with Gasteiger partial charge in [0.15, 0.2) is 5.82 Å². The van der Waals surface area contributed by atoms with Crippen LogP contribution in [0, 0.1) is 0 Å². The second-order valence-corrected chi connectivity index (χ2v) is 5.38. The maximum Gasteiger partial charge on any atom is 0.152 e. The molecule has 0 aliphatic rings. The minimum Gasteiger partial charge on any atom is -0.382 e. The molecule has 2 aromatic heterocycles. The third-order valence-electron chi connectivity index (χ3n) is 3.86. The van der Waals surface area contributed by atoms with Crippen LogP contribution in [0.3, 0.4) is 0 Å². The lowest BCUT2D eigenvalue weighted by Crippen LogP contribution is -2.06. The first kappa shape index (κ1) is 14.8. The highest BCUT2D eigenvalue weighted by atomic mass is 16.5. The molecule has 0 radical (unpaired) electrons. The van der Waals surface area contributed by atoms with Gasteiger partial charge in [0.25, 0.3) is 0 Å². The van der Waals surface area contributed by atoms with Crippen molar-refractivity contribution in [1.82, 2.24) is 14.5 Å². The summed E-state index contributed by atoms with van der Waals surface area (Å²) in [6, 6.07) is 8.08. The number of pyridine rings is 1. The summed E-state index contributed by atoms with van der Waals surface area (Å²) in [4.78, 5) is 9.18. The van der Waals surface area contributed by atoms with Crippen LogP contribution in [0.5, 0.6) is 0 Å². The van der Waals surface area contributed by atoms with E-state index in [1.54, 1.807) is 0 Å². The molecule has 0 unspecified atom stereocenters. The number of unbranched alkanes of at least 4 members (excludes halogenated alkanes) is 1. The van der Waals surface area contributed by atoms with Crippen molar-refractivity contribution in [2.24, 2.45) is 0 Å². The molecule has 22 heavy (non-hydrogen) atoms. The van der Waals surface area contributed by atoms with Crippen LogP contribution < -0.4 is 5.73 Å². The minimum absolute atomic E-state index is 0.488. The Hall–Kier alpha value is -2.14. The number of ether oxygens (including phenoxy) is 1. The van der Waals surface area contributed by atoms with Gasteiger partial charge >= 0.3 is 0 Å². The number of nitrogens with two attached hydrogens (primary N) is 1. The summed E-state index contributed by atoms with van der Waals surface area (Å²) in [5, 5.41) is 1.10. The van der Waals surface area contributed by atoms with Gasteiger partial charge in [-0.25, -0.2) is 9.97 Å². The fraction of sp³-hybridized carbons (Fsp3) is 0.412. The van der Waals surface area contributed by atoms with Gasteiger partial charge in [0.2, 0.25) is 0 Å². The summed E-state index contributed by atoms with van der Waals surface area (Å²) >= 11 is 0. The van der Waals surface area contributed by atoms with Crippen molar-refractivity contribution in [3.63, 3.8) is 0 Å². The van der Waals surface area contributed by atoms with Crippen LogP contribution in [0.4, 0.5) is 5.82 Å². The van der Waals surface area contributed by atoms with Gasteiger partial charge < -0.3 is 15.0 Å². The van der Waals surface area contributed by atoms with E-state index in [4.69, 9.17) is 15.5 Å². The number of anilines is 1. The Kier molecular flexibility index (Phi) is 4.24. The Morgan fingerprint density at radius 2 is 2.00 bits per heavy atom. The fourth-order valence-corrected chi connectivity index (χ4v) is 2.77.